The topological polar surface area (TPSA) is 67.4 Å². The Balaban J connectivity index is 1.90. The summed E-state index contributed by atoms with van der Waals surface area (Å²) >= 11 is 0. The summed E-state index contributed by atoms with van der Waals surface area (Å²) in [4.78, 5) is 24.4. The number of ether oxygens (including phenoxy) is 1. The van der Waals surface area contributed by atoms with E-state index in [1.807, 2.05) is 44.2 Å². The van der Waals surface area contributed by atoms with E-state index in [1.165, 1.54) is 0 Å². The predicted molar refractivity (Wildman–Crippen MR) is 97.5 cm³/mol. The number of hydrogen-bond donors (Lipinski definition) is 2. The molecule has 0 spiro atoms. The van der Waals surface area contributed by atoms with Gasteiger partial charge in [0.25, 0.3) is 5.91 Å². The molecule has 0 aliphatic rings. The highest BCUT2D eigenvalue weighted by molar-refractivity contribution is 5.97. The molecule has 0 radical (unpaired) electrons. The smallest absolute Gasteiger partial charge is 0.251 e. The molecule has 0 saturated heterocycles. The van der Waals surface area contributed by atoms with Gasteiger partial charge < -0.3 is 15.4 Å². The molecular formula is C20H24N2O3. The molecule has 2 unspecified atom stereocenters. The minimum Gasteiger partial charge on any atom is -0.494 e. The third-order valence-corrected chi connectivity index (χ3v) is 3.83. The molecule has 0 aromatic heterocycles. The van der Waals surface area contributed by atoms with E-state index < -0.39 is 6.04 Å². The molecule has 5 heteroatoms. The maximum atomic E-state index is 12.3. The lowest BCUT2D eigenvalue weighted by molar-refractivity contribution is -0.123. The van der Waals surface area contributed by atoms with Crippen LogP contribution in [-0.4, -0.2) is 24.5 Å². The Hall–Kier alpha value is -2.82. The molecule has 2 atom stereocenters. The van der Waals surface area contributed by atoms with Crippen LogP contribution in [0.25, 0.3) is 0 Å². The molecule has 2 aromatic rings. The fourth-order valence-corrected chi connectivity index (χ4v) is 2.38. The van der Waals surface area contributed by atoms with E-state index in [0.29, 0.717) is 12.2 Å². The first-order valence-electron chi connectivity index (χ1n) is 8.40. The molecule has 2 N–H and O–H groups in total. The van der Waals surface area contributed by atoms with Gasteiger partial charge in [0.15, 0.2) is 0 Å². The standard InChI is InChI=1S/C20H24N2O3/c1-4-25-18-12-10-16(11-13-18)14(2)21-19(23)15(3)22-20(24)17-8-6-5-7-9-17/h5-15H,4H2,1-3H3,(H,21,23)(H,22,24). The van der Waals surface area contributed by atoms with Crippen LogP contribution in [0.15, 0.2) is 54.6 Å². The maximum absolute atomic E-state index is 12.3. The summed E-state index contributed by atoms with van der Waals surface area (Å²) in [6, 6.07) is 15.6. The number of nitrogens with one attached hydrogen (secondary N) is 2. The Bertz CT molecular complexity index is 699. The zero-order valence-electron chi connectivity index (χ0n) is 14.8. The van der Waals surface area contributed by atoms with Gasteiger partial charge in [-0.3, -0.25) is 9.59 Å². The van der Waals surface area contributed by atoms with Crippen molar-refractivity contribution in [2.24, 2.45) is 0 Å². The first kappa shape index (κ1) is 18.5. The van der Waals surface area contributed by atoms with E-state index in [4.69, 9.17) is 4.74 Å². The van der Waals surface area contributed by atoms with Crippen molar-refractivity contribution in [3.63, 3.8) is 0 Å². The highest BCUT2D eigenvalue weighted by Gasteiger charge is 2.18. The van der Waals surface area contributed by atoms with Gasteiger partial charge in [0.1, 0.15) is 11.8 Å². The van der Waals surface area contributed by atoms with Crippen molar-refractivity contribution in [2.75, 3.05) is 6.61 Å². The maximum Gasteiger partial charge on any atom is 0.251 e. The summed E-state index contributed by atoms with van der Waals surface area (Å²) in [6.07, 6.45) is 0. The second-order valence-corrected chi connectivity index (χ2v) is 5.79. The van der Waals surface area contributed by atoms with Crippen LogP contribution in [0, 0.1) is 0 Å². The van der Waals surface area contributed by atoms with Crippen molar-refractivity contribution < 1.29 is 14.3 Å². The summed E-state index contributed by atoms with van der Waals surface area (Å²) in [5.74, 6) is 0.302. The zero-order valence-corrected chi connectivity index (χ0v) is 14.8. The number of carbonyl (C=O) groups excluding carboxylic acids is 2. The second-order valence-electron chi connectivity index (χ2n) is 5.79. The van der Waals surface area contributed by atoms with Crippen LogP contribution in [0.5, 0.6) is 5.75 Å². The van der Waals surface area contributed by atoms with Crippen LogP contribution < -0.4 is 15.4 Å². The van der Waals surface area contributed by atoms with Gasteiger partial charge in [-0.2, -0.15) is 0 Å². The van der Waals surface area contributed by atoms with Crippen LogP contribution in [0.3, 0.4) is 0 Å². The fourth-order valence-electron chi connectivity index (χ4n) is 2.38. The molecule has 2 amide bonds. The molecule has 132 valence electrons. The monoisotopic (exact) mass is 340 g/mol. The quantitative estimate of drug-likeness (QED) is 0.814. The Labute approximate surface area is 148 Å². The third-order valence-electron chi connectivity index (χ3n) is 3.83. The van der Waals surface area contributed by atoms with Crippen molar-refractivity contribution in [3.05, 3.63) is 65.7 Å². The molecule has 0 fully saturated rings. The van der Waals surface area contributed by atoms with Crippen LogP contribution in [0.2, 0.25) is 0 Å². The van der Waals surface area contributed by atoms with Gasteiger partial charge in [-0.1, -0.05) is 30.3 Å². The lowest BCUT2D eigenvalue weighted by atomic mass is 10.1. The van der Waals surface area contributed by atoms with E-state index in [2.05, 4.69) is 10.6 Å². The van der Waals surface area contributed by atoms with E-state index in [9.17, 15) is 9.59 Å². The van der Waals surface area contributed by atoms with Crippen molar-refractivity contribution >= 4 is 11.8 Å². The summed E-state index contributed by atoms with van der Waals surface area (Å²) in [7, 11) is 0. The zero-order chi connectivity index (χ0) is 18.2. The lowest BCUT2D eigenvalue weighted by Gasteiger charge is -2.19. The van der Waals surface area contributed by atoms with Gasteiger partial charge in [-0.15, -0.1) is 0 Å². The van der Waals surface area contributed by atoms with Crippen LogP contribution in [0.1, 0.15) is 42.7 Å². The largest absolute Gasteiger partial charge is 0.494 e. The van der Waals surface area contributed by atoms with Crippen LogP contribution in [-0.2, 0) is 4.79 Å². The first-order valence-corrected chi connectivity index (χ1v) is 8.40. The van der Waals surface area contributed by atoms with Gasteiger partial charge in [0.05, 0.1) is 12.6 Å². The summed E-state index contributed by atoms with van der Waals surface area (Å²) in [6.45, 7) is 6.12. The average Bonchev–Trinajstić information content (AvgIpc) is 2.63. The molecule has 0 saturated carbocycles. The van der Waals surface area contributed by atoms with E-state index in [1.54, 1.807) is 31.2 Å². The molecule has 2 aromatic carbocycles. The van der Waals surface area contributed by atoms with E-state index in [-0.39, 0.29) is 17.9 Å². The summed E-state index contributed by atoms with van der Waals surface area (Å²) in [5, 5.41) is 5.62. The highest BCUT2D eigenvalue weighted by Crippen LogP contribution is 2.17. The molecule has 0 heterocycles. The third kappa shape index (κ3) is 5.35. The minimum absolute atomic E-state index is 0.167. The van der Waals surface area contributed by atoms with E-state index in [0.717, 1.165) is 11.3 Å². The van der Waals surface area contributed by atoms with Gasteiger partial charge in [0.2, 0.25) is 5.91 Å². The average molecular weight is 340 g/mol. The van der Waals surface area contributed by atoms with Crippen LogP contribution >= 0.6 is 0 Å². The second kappa shape index (κ2) is 8.87. The van der Waals surface area contributed by atoms with Gasteiger partial charge in [-0.05, 0) is 50.6 Å². The highest BCUT2D eigenvalue weighted by atomic mass is 16.5. The van der Waals surface area contributed by atoms with Crippen LogP contribution in [0.4, 0.5) is 0 Å². The van der Waals surface area contributed by atoms with Gasteiger partial charge >= 0.3 is 0 Å². The Morgan fingerprint density at radius 1 is 0.960 bits per heavy atom. The summed E-state index contributed by atoms with van der Waals surface area (Å²) < 4.78 is 5.41. The number of amides is 2. The molecule has 5 nitrogen and oxygen atoms in total. The first-order chi connectivity index (χ1) is 12.0. The molecule has 25 heavy (non-hydrogen) atoms. The number of rotatable bonds is 7. The molecule has 2 rings (SSSR count). The predicted octanol–water partition coefficient (Wildman–Crippen LogP) is 3.08. The molecule has 0 aliphatic carbocycles. The SMILES string of the molecule is CCOc1ccc(C(C)NC(=O)C(C)NC(=O)c2ccccc2)cc1. The number of carbonyl (C=O) groups is 2. The number of hydrogen-bond acceptors (Lipinski definition) is 3. The Morgan fingerprint density at radius 3 is 2.20 bits per heavy atom. The van der Waals surface area contributed by atoms with Crippen molar-refractivity contribution in [3.8, 4) is 5.75 Å². The molecular weight excluding hydrogens is 316 g/mol. The van der Waals surface area contributed by atoms with Crippen molar-refractivity contribution in [2.45, 2.75) is 32.9 Å². The lowest BCUT2D eigenvalue weighted by Crippen LogP contribution is -2.45. The Morgan fingerprint density at radius 2 is 1.60 bits per heavy atom. The van der Waals surface area contributed by atoms with Gasteiger partial charge in [0, 0.05) is 5.56 Å². The van der Waals surface area contributed by atoms with Crippen molar-refractivity contribution in [1.82, 2.24) is 10.6 Å². The van der Waals surface area contributed by atoms with Crippen molar-refractivity contribution in [1.29, 1.82) is 0 Å². The fraction of sp³-hybridized carbons (Fsp3) is 0.300. The van der Waals surface area contributed by atoms with Gasteiger partial charge in [-0.25, -0.2) is 0 Å². The number of benzene rings is 2. The minimum atomic E-state index is -0.627. The molecule has 0 bridgehead atoms. The molecule has 0 aliphatic heterocycles. The summed E-state index contributed by atoms with van der Waals surface area (Å²) in [5.41, 5.74) is 1.50. The van der Waals surface area contributed by atoms with E-state index >= 15 is 0 Å². The Kier molecular flexibility index (Phi) is 6.57. The normalized spacial score (nSPS) is 12.8.